The van der Waals surface area contributed by atoms with Crippen LogP contribution in [0.1, 0.15) is 57.7 Å². The number of fused-ring (bicyclic) bond motifs is 1. The van der Waals surface area contributed by atoms with E-state index in [1.54, 1.807) is 0 Å². The van der Waals surface area contributed by atoms with Gasteiger partial charge in [0.1, 0.15) is 0 Å². The lowest BCUT2D eigenvalue weighted by Crippen LogP contribution is -2.21. The molecule has 2 heterocycles. The Labute approximate surface area is 155 Å². The zero-order chi connectivity index (χ0) is 18.5. The Kier molecular flexibility index (Phi) is 5.71. The fourth-order valence-corrected chi connectivity index (χ4v) is 2.93. The molecule has 0 unspecified atom stereocenters. The van der Waals surface area contributed by atoms with E-state index in [0.717, 1.165) is 30.0 Å². The average molecular weight is 352 g/mol. The molecule has 0 fully saturated rings. The molecule has 1 aromatic carbocycles. The van der Waals surface area contributed by atoms with Crippen LogP contribution in [-0.4, -0.2) is 25.6 Å². The van der Waals surface area contributed by atoms with Crippen molar-refractivity contribution >= 4 is 17.4 Å². The maximum absolute atomic E-state index is 4.71. The van der Waals surface area contributed by atoms with Crippen molar-refractivity contribution in [2.75, 3.05) is 10.6 Å². The molecule has 2 aromatic heterocycles. The molecule has 138 valence electrons. The first-order valence-electron chi connectivity index (χ1n) is 9.42. The summed E-state index contributed by atoms with van der Waals surface area (Å²) in [7, 11) is 0. The van der Waals surface area contributed by atoms with E-state index in [0.29, 0.717) is 24.5 Å². The van der Waals surface area contributed by atoms with Crippen molar-refractivity contribution in [1.82, 2.24) is 19.6 Å². The van der Waals surface area contributed by atoms with Gasteiger partial charge < -0.3 is 10.6 Å². The van der Waals surface area contributed by atoms with Gasteiger partial charge in [-0.3, -0.25) is 0 Å². The highest BCUT2D eigenvalue weighted by molar-refractivity contribution is 5.64. The van der Waals surface area contributed by atoms with E-state index in [2.05, 4.69) is 55.4 Å². The first-order valence-corrected chi connectivity index (χ1v) is 9.42. The van der Waals surface area contributed by atoms with Gasteiger partial charge in [0.25, 0.3) is 0 Å². The molecular weight excluding hydrogens is 324 g/mol. The van der Waals surface area contributed by atoms with Gasteiger partial charge in [0, 0.05) is 12.6 Å². The van der Waals surface area contributed by atoms with E-state index in [4.69, 9.17) is 10.1 Å². The topological polar surface area (TPSA) is 67.1 Å². The Bertz CT molecular complexity index is 836. The Balaban J connectivity index is 1.96. The highest BCUT2D eigenvalue weighted by atomic mass is 15.4. The van der Waals surface area contributed by atoms with E-state index in [1.807, 2.05) is 28.9 Å². The van der Waals surface area contributed by atoms with E-state index in [-0.39, 0.29) is 0 Å². The third-order valence-corrected chi connectivity index (χ3v) is 4.60. The summed E-state index contributed by atoms with van der Waals surface area (Å²) >= 11 is 0. The largest absolute Gasteiger partial charge is 0.363 e. The molecule has 0 aliphatic rings. The second-order valence-electron chi connectivity index (χ2n) is 6.85. The number of imidazole rings is 1. The molecule has 0 spiro atoms. The number of benzene rings is 1. The molecule has 2 N–H and O–H groups in total. The number of hydrogen-bond acceptors (Lipinski definition) is 5. The maximum atomic E-state index is 4.71. The summed E-state index contributed by atoms with van der Waals surface area (Å²) in [5, 5.41) is 11.6. The Hall–Kier alpha value is -2.63. The van der Waals surface area contributed by atoms with Crippen LogP contribution < -0.4 is 10.6 Å². The molecule has 0 amide bonds. The van der Waals surface area contributed by atoms with Crippen molar-refractivity contribution in [1.29, 1.82) is 0 Å². The van der Waals surface area contributed by atoms with Gasteiger partial charge in [-0.25, -0.2) is 9.50 Å². The molecule has 3 rings (SSSR count). The van der Waals surface area contributed by atoms with E-state index in [1.165, 1.54) is 5.56 Å². The van der Waals surface area contributed by atoms with Gasteiger partial charge in [-0.05, 0) is 24.3 Å². The average Bonchev–Trinajstić information content (AvgIpc) is 3.09. The molecule has 0 aliphatic heterocycles. The maximum Gasteiger partial charge on any atom is 0.243 e. The summed E-state index contributed by atoms with van der Waals surface area (Å²) in [6.45, 7) is 9.34. The summed E-state index contributed by atoms with van der Waals surface area (Å²) in [6, 6.07) is 10.7. The molecule has 6 heteroatoms. The van der Waals surface area contributed by atoms with Crippen LogP contribution in [0.4, 0.5) is 11.8 Å². The normalized spacial score (nSPS) is 11.5. The fourth-order valence-electron chi connectivity index (χ4n) is 2.93. The molecule has 0 atom stereocenters. The van der Waals surface area contributed by atoms with Gasteiger partial charge in [0.2, 0.25) is 5.95 Å². The lowest BCUT2D eigenvalue weighted by atomic mass is 10.2. The van der Waals surface area contributed by atoms with E-state index in [9.17, 15) is 0 Å². The van der Waals surface area contributed by atoms with Crippen LogP contribution in [0.15, 0.2) is 36.5 Å². The summed E-state index contributed by atoms with van der Waals surface area (Å²) < 4.78 is 1.91. The number of hydrogen-bond donors (Lipinski definition) is 2. The van der Waals surface area contributed by atoms with Gasteiger partial charge >= 0.3 is 0 Å². The predicted octanol–water partition coefficient (Wildman–Crippen LogP) is 4.46. The quantitative estimate of drug-likeness (QED) is 0.626. The molecule has 3 aromatic rings. The summed E-state index contributed by atoms with van der Waals surface area (Å²) in [4.78, 5) is 9.27. The molecule has 0 bridgehead atoms. The van der Waals surface area contributed by atoms with Crippen molar-refractivity contribution in [2.45, 2.75) is 59.0 Å². The number of nitrogens with one attached hydrogen (secondary N) is 2. The predicted molar refractivity (Wildman–Crippen MR) is 107 cm³/mol. The molecule has 0 saturated heterocycles. The second-order valence-corrected chi connectivity index (χ2v) is 6.85. The monoisotopic (exact) mass is 352 g/mol. The van der Waals surface area contributed by atoms with Crippen LogP contribution >= 0.6 is 0 Å². The summed E-state index contributed by atoms with van der Waals surface area (Å²) in [5.41, 5.74) is 3.05. The smallest absolute Gasteiger partial charge is 0.243 e. The Morgan fingerprint density at radius 3 is 2.46 bits per heavy atom. The van der Waals surface area contributed by atoms with Crippen molar-refractivity contribution in [3.63, 3.8) is 0 Å². The number of anilines is 2. The van der Waals surface area contributed by atoms with Crippen LogP contribution in [0.25, 0.3) is 5.65 Å². The molecular formula is C20H28N6. The minimum Gasteiger partial charge on any atom is -0.363 e. The SMILES string of the molecule is CCC(CC)Nc1nc(NCc2ccccc2)c2ncc(C(C)C)n2n1. The van der Waals surface area contributed by atoms with Crippen molar-refractivity contribution in [3.05, 3.63) is 47.8 Å². The molecule has 6 nitrogen and oxygen atoms in total. The molecule has 26 heavy (non-hydrogen) atoms. The minimum absolute atomic E-state index is 0.336. The van der Waals surface area contributed by atoms with Gasteiger partial charge in [-0.1, -0.05) is 58.0 Å². The standard InChI is InChI=1S/C20H28N6/c1-5-16(6-2)23-20-24-18(21-12-15-10-8-7-9-11-15)19-22-13-17(14(3)4)26(19)25-20/h7-11,13-14,16H,5-6,12H2,1-4H3,(H2,21,23,24,25). The van der Waals surface area contributed by atoms with Crippen LogP contribution in [0.2, 0.25) is 0 Å². The Morgan fingerprint density at radius 1 is 1.08 bits per heavy atom. The summed E-state index contributed by atoms with van der Waals surface area (Å²) in [6.07, 6.45) is 3.96. The zero-order valence-corrected chi connectivity index (χ0v) is 16.0. The number of rotatable bonds is 8. The first-order chi connectivity index (χ1) is 12.6. The zero-order valence-electron chi connectivity index (χ0n) is 16.0. The highest BCUT2D eigenvalue weighted by Crippen LogP contribution is 2.22. The van der Waals surface area contributed by atoms with Gasteiger partial charge in [-0.2, -0.15) is 4.98 Å². The third kappa shape index (κ3) is 3.95. The number of nitrogens with zero attached hydrogens (tertiary/aromatic N) is 4. The number of aromatic nitrogens is 4. The molecule has 0 radical (unpaired) electrons. The van der Waals surface area contributed by atoms with Gasteiger partial charge in [0.15, 0.2) is 11.5 Å². The molecule has 0 aliphatic carbocycles. The van der Waals surface area contributed by atoms with Crippen LogP contribution in [0.3, 0.4) is 0 Å². The summed E-state index contributed by atoms with van der Waals surface area (Å²) in [5.74, 6) is 1.73. The minimum atomic E-state index is 0.336. The van der Waals surface area contributed by atoms with Crippen LogP contribution in [0.5, 0.6) is 0 Å². The highest BCUT2D eigenvalue weighted by Gasteiger charge is 2.16. The lowest BCUT2D eigenvalue weighted by molar-refractivity contribution is 0.657. The van der Waals surface area contributed by atoms with Gasteiger partial charge in [-0.15, -0.1) is 5.10 Å². The van der Waals surface area contributed by atoms with Crippen molar-refractivity contribution in [3.8, 4) is 0 Å². The van der Waals surface area contributed by atoms with Gasteiger partial charge in [0.05, 0.1) is 11.9 Å². The van der Waals surface area contributed by atoms with Crippen molar-refractivity contribution < 1.29 is 0 Å². The lowest BCUT2D eigenvalue weighted by Gasteiger charge is -2.16. The van der Waals surface area contributed by atoms with Crippen LogP contribution in [-0.2, 0) is 6.54 Å². The third-order valence-electron chi connectivity index (χ3n) is 4.60. The van der Waals surface area contributed by atoms with Crippen molar-refractivity contribution in [2.24, 2.45) is 0 Å². The van der Waals surface area contributed by atoms with E-state index >= 15 is 0 Å². The Morgan fingerprint density at radius 2 is 1.81 bits per heavy atom. The first kappa shape index (κ1) is 18.2. The second kappa shape index (κ2) is 8.17. The molecule has 0 saturated carbocycles. The van der Waals surface area contributed by atoms with E-state index < -0.39 is 0 Å². The van der Waals surface area contributed by atoms with Crippen LogP contribution in [0, 0.1) is 0 Å². The fraction of sp³-hybridized carbons (Fsp3) is 0.450.